The first-order valence-electron chi connectivity index (χ1n) is 12.8. The molecule has 0 aliphatic heterocycles. The predicted octanol–water partition coefficient (Wildman–Crippen LogP) is 6.43. The first kappa shape index (κ1) is 28.4. The van der Waals surface area contributed by atoms with Gasteiger partial charge in [-0.15, -0.1) is 0 Å². The largest absolute Gasteiger partial charge is 0.494 e. The molecule has 40 heavy (non-hydrogen) atoms. The van der Waals surface area contributed by atoms with Crippen molar-refractivity contribution in [1.82, 2.24) is 4.57 Å². The molecular formula is C31H29F2NO6. The number of aliphatic carboxylic acids is 2. The van der Waals surface area contributed by atoms with E-state index < -0.39 is 23.6 Å². The van der Waals surface area contributed by atoms with Crippen molar-refractivity contribution in [2.45, 2.75) is 32.2 Å². The number of fused-ring (bicyclic) bond motifs is 1. The molecule has 0 spiro atoms. The minimum Gasteiger partial charge on any atom is -0.494 e. The lowest BCUT2D eigenvalue weighted by Gasteiger charge is -2.09. The fourth-order valence-corrected chi connectivity index (χ4v) is 4.34. The summed E-state index contributed by atoms with van der Waals surface area (Å²) in [5.41, 5.74) is 3.27. The third-order valence-electron chi connectivity index (χ3n) is 6.24. The quantitative estimate of drug-likeness (QED) is 0.139. The number of carboxylic acids is 2. The number of rotatable bonds is 14. The number of aryl methyl sites for hydroxylation is 1. The smallest absolute Gasteiger partial charge is 0.323 e. The second-order valence-electron chi connectivity index (χ2n) is 9.17. The summed E-state index contributed by atoms with van der Waals surface area (Å²) in [7, 11) is 0. The van der Waals surface area contributed by atoms with E-state index in [9.17, 15) is 23.5 Å². The number of hydrogen-bond acceptors (Lipinski definition) is 4. The molecule has 208 valence electrons. The average Bonchev–Trinajstić information content (AvgIpc) is 3.28. The highest BCUT2D eigenvalue weighted by molar-refractivity contribution is 5.94. The number of benzene rings is 3. The number of hydrogen-bond donors (Lipinski definition) is 2. The number of para-hydroxylation sites is 1. The first-order valence-corrected chi connectivity index (χ1v) is 12.8. The summed E-state index contributed by atoms with van der Waals surface area (Å²) in [5, 5.41) is 19.3. The van der Waals surface area contributed by atoms with E-state index in [1.807, 2.05) is 54.6 Å². The van der Waals surface area contributed by atoms with Crippen molar-refractivity contribution in [2.75, 3.05) is 13.2 Å². The fraction of sp³-hybridized carbons (Fsp3) is 0.226. The van der Waals surface area contributed by atoms with Crippen LogP contribution in [-0.2, 0) is 22.6 Å². The highest BCUT2D eigenvalue weighted by atomic mass is 19.2. The third kappa shape index (κ3) is 7.47. The van der Waals surface area contributed by atoms with Crippen LogP contribution in [0.25, 0.3) is 23.1 Å². The Labute approximate surface area is 229 Å². The van der Waals surface area contributed by atoms with Crippen LogP contribution >= 0.6 is 0 Å². The van der Waals surface area contributed by atoms with Gasteiger partial charge < -0.3 is 24.3 Å². The number of unbranched alkanes of at least 4 members (excludes halogenated alkanes) is 1. The topological polar surface area (TPSA) is 98.0 Å². The molecule has 0 aliphatic carbocycles. The molecule has 1 heterocycles. The predicted molar refractivity (Wildman–Crippen MR) is 147 cm³/mol. The number of carbonyl (C=O) groups is 2. The summed E-state index contributed by atoms with van der Waals surface area (Å²) >= 11 is 0. The van der Waals surface area contributed by atoms with Gasteiger partial charge in [0.05, 0.1) is 18.7 Å². The monoisotopic (exact) mass is 549 g/mol. The molecule has 3 aromatic carbocycles. The highest BCUT2D eigenvalue weighted by Crippen LogP contribution is 2.28. The molecule has 0 radical (unpaired) electrons. The van der Waals surface area contributed by atoms with Crippen molar-refractivity contribution in [1.29, 1.82) is 0 Å². The van der Waals surface area contributed by atoms with Gasteiger partial charge >= 0.3 is 11.9 Å². The standard InChI is InChI=1S/C31H29F2NO6/c32-26-7-4-8-27(30(26)33)40-18-2-1-17-39-24-14-10-21(11-15-24)9-12-22-5-3-6-25-23(13-16-28(35)36)19-34(31(22)25)20-29(37)38/h3-12,14-15,19H,1-2,13,16-18,20H2,(H,35,36)(H,37,38)/b12-9+. The fourth-order valence-electron chi connectivity index (χ4n) is 4.34. The van der Waals surface area contributed by atoms with Crippen LogP contribution in [0.4, 0.5) is 8.78 Å². The van der Waals surface area contributed by atoms with Crippen molar-refractivity contribution < 1.29 is 38.1 Å². The van der Waals surface area contributed by atoms with E-state index in [2.05, 4.69) is 0 Å². The van der Waals surface area contributed by atoms with Crippen molar-refractivity contribution >= 4 is 35.0 Å². The van der Waals surface area contributed by atoms with E-state index in [4.69, 9.17) is 14.6 Å². The summed E-state index contributed by atoms with van der Waals surface area (Å²) in [6.07, 6.45) is 7.10. The van der Waals surface area contributed by atoms with Crippen LogP contribution in [0, 0.1) is 11.6 Å². The molecule has 7 nitrogen and oxygen atoms in total. The number of ether oxygens (including phenoxy) is 2. The average molecular weight is 550 g/mol. The van der Waals surface area contributed by atoms with Crippen molar-refractivity contribution in [3.8, 4) is 11.5 Å². The van der Waals surface area contributed by atoms with E-state index in [1.54, 1.807) is 10.8 Å². The third-order valence-corrected chi connectivity index (χ3v) is 6.24. The molecule has 0 bridgehead atoms. The Balaban J connectivity index is 1.34. The first-order chi connectivity index (χ1) is 19.3. The van der Waals surface area contributed by atoms with Crippen LogP contribution in [0.15, 0.2) is 66.9 Å². The van der Waals surface area contributed by atoms with Crippen LogP contribution in [0.1, 0.15) is 36.0 Å². The summed E-state index contributed by atoms with van der Waals surface area (Å²) in [6.45, 7) is 0.461. The van der Waals surface area contributed by atoms with Gasteiger partial charge in [-0.1, -0.05) is 48.6 Å². The van der Waals surface area contributed by atoms with E-state index in [0.717, 1.165) is 33.7 Å². The lowest BCUT2D eigenvalue weighted by molar-refractivity contribution is -0.138. The van der Waals surface area contributed by atoms with Crippen LogP contribution < -0.4 is 9.47 Å². The summed E-state index contributed by atoms with van der Waals surface area (Å²) in [5.74, 6) is -3.23. The maximum atomic E-state index is 13.6. The number of carboxylic acid groups (broad SMARTS) is 2. The zero-order valence-corrected chi connectivity index (χ0v) is 21.7. The Morgan fingerprint density at radius 3 is 2.30 bits per heavy atom. The molecule has 0 saturated carbocycles. The zero-order chi connectivity index (χ0) is 28.5. The van der Waals surface area contributed by atoms with Crippen molar-refractivity contribution in [2.24, 2.45) is 0 Å². The molecule has 0 aliphatic rings. The van der Waals surface area contributed by atoms with Gasteiger partial charge in [0, 0.05) is 18.0 Å². The van der Waals surface area contributed by atoms with E-state index >= 15 is 0 Å². The second kappa shape index (κ2) is 13.4. The summed E-state index contributed by atoms with van der Waals surface area (Å²) < 4.78 is 39.5. The van der Waals surface area contributed by atoms with Crippen LogP contribution in [0.5, 0.6) is 11.5 Å². The van der Waals surface area contributed by atoms with Gasteiger partial charge in [-0.05, 0) is 60.2 Å². The summed E-state index contributed by atoms with van der Waals surface area (Å²) in [4.78, 5) is 22.5. The van der Waals surface area contributed by atoms with Crippen molar-refractivity contribution in [3.63, 3.8) is 0 Å². The molecule has 0 amide bonds. The Hall–Kier alpha value is -4.66. The lowest BCUT2D eigenvalue weighted by Crippen LogP contribution is -2.08. The van der Waals surface area contributed by atoms with Gasteiger partial charge in [-0.3, -0.25) is 9.59 Å². The lowest BCUT2D eigenvalue weighted by atomic mass is 10.0. The molecule has 0 atom stereocenters. The Morgan fingerprint density at radius 2 is 1.57 bits per heavy atom. The normalized spacial score (nSPS) is 11.2. The van der Waals surface area contributed by atoms with Gasteiger partial charge in [0.15, 0.2) is 11.6 Å². The minimum atomic E-state index is -0.987. The molecular weight excluding hydrogens is 520 g/mol. The Bertz CT molecular complexity index is 1510. The van der Waals surface area contributed by atoms with E-state index in [1.165, 1.54) is 12.1 Å². The highest BCUT2D eigenvalue weighted by Gasteiger charge is 2.14. The van der Waals surface area contributed by atoms with Crippen molar-refractivity contribution in [3.05, 3.63) is 95.2 Å². The van der Waals surface area contributed by atoms with Gasteiger partial charge in [-0.25, -0.2) is 4.39 Å². The van der Waals surface area contributed by atoms with Gasteiger partial charge in [0.2, 0.25) is 5.82 Å². The molecule has 4 rings (SSSR count). The number of nitrogens with zero attached hydrogens (tertiary/aromatic N) is 1. The molecule has 9 heteroatoms. The van der Waals surface area contributed by atoms with Crippen LogP contribution in [0.3, 0.4) is 0 Å². The summed E-state index contributed by atoms with van der Waals surface area (Å²) in [6, 6.07) is 16.9. The molecule has 0 fully saturated rings. The van der Waals surface area contributed by atoms with Gasteiger partial charge in [0.1, 0.15) is 12.3 Å². The minimum absolute atomic E-state index is 0.0383. The molecule has 0 unspecified atom stereocenters. The molecule has 2 N–H and O–H groups in total. The van der Waals surface area contributed by atoms with E-state index in [0.29, 0.717) is 31.6 Å². The maximum Gasteiger partial charge on any atom is 0.323 e. The Kier molecular flexibility index (Phi) is 9.51. The Morgan fingerprint density at radius 1 is 0.850 bits per heavy atom. The van der Waals surface area contributed by atoms with Crippen LogP contribution in [0.2, 0.25) is 0 Å². The zero-order valence-electron chi connectivity index (χ0n) is 21.7. The van der Waals surface area contributed by atoms with E-state index in [-0.39, 0.29) is 25.3 Å². The van der Waals surface area contributed by atoms with Gasteiger partial charge in [0.25, 0.3) is 0 Å². The molecule has 1 aromatic heterocycles. The number of halogens is 2. The molecule has 4 aromatic rings. The second-order valence-corrected chi connectivity index (χ2v) is 9.17. The SMILES string of the molecule is O=C(O)CCc1cn(CC(=O)O)c2c(/C=C/c3ccc(OCCCCOc4cccc(F)c4F)cc3)cccc12. The number of aromatic nitrogens is 1. The maximum absolute atomic E-state index is 13.6. The van der Waals surface area contributed by atoms with Gasteiger partial charge in [-0.2, -0.15) is 4.39 Å². The van der Waals surface area contributed by atoms with Crippen LogP contribution in [-0.4, -0.2) is 39.9 Å². The molecule has 0 saturated heterocycles.